The molecule has 142 valence electrons. The number of hydrogen-bond acceptors (Lipinski definition) is 4. The van der Waals surface area contributed by atoms with E-state index in [4.69, 9.17) is 0 Å². The molecule has 0 aliphatic carbocycles. The third-order valence-corrected chi connectivity index (χ3v) is 4.97. The number of urea groups is 1. The van der Waals surface area contributed by atoms with Gasteiger partial charge in [-0.25, -0.2) is 9.78 Å². The van der Waals surface area contributed by atoms with E-state index in [1.165, 1.54) is 0 Å². The van der Waals surface area contributed by atoms with Crippen LogP contribution >= 0.6 is 0 Å². The smallest absolute Gasteiger partial charge is 0.317 e. The third-order valence-electron chi connectivity index (χ3n) is 4.97. The van der Waals surface area contributed by atoms with Crippen LogP contribution in [-0.4, -0.2) is 54.4 Å². The molecule has 2 amide bonds. The molecular formula is C18H29N7O. The summed E-state index contributed by atoms with van der Waals surface area (Å²) in [6.45, 7) is 11.1. The van der Waals surface area contributed by atoms with E-state index in [2.05, 4.69) is 36.6 Å². The molecule has 8 heteroatoms. The fraction of sp³-hybridized carbons (Fsp3) is 0.667. The SMILES string of the molecule is CCn1c(Cn2ccnc2C)nnc1C1CCN(C(=O)NC(C)C)CC1. The number of rotatable bonds is 5. The maximum atomic E-state index is 12.2. The van der Waals surface area contributed by atoms with Gasteiger partial charge in [0.2, 0.25) is 0 Å². The molecule has 0 unspecified atom stereocenters. The highest BCUT2D eigenvalue weighted by Gasteiger charge is 2.28. The van der Waals surface area contributed by atoms with Crippen molar-refractivity contribution >= 4 is 6.03 Å². The second-order valence-corrected chi connectivity index (χ2v) is 7.19. The zero-order chi connectivity index (χ0) is 18.7. The van der Waals surface area contributed by atoms with Crippen molar-refractivity contribution in [2.24, 2.45) is 0 Å². The predicted molar refractivity (Wildman–Crippen MR) is 99.0 cm³/mol. The molecular weight excluding hydrogens is 330 g/mol. The molecule has 8 nitrogen and oxygen atoms in total. The highest BCUT2D eigenvalue weighted by atomic mass is 16.2. The van der Waals surface area contributed by atoms with E-state index in [0.29, 0.717) is 12.5 Å². The first kappa shape index (κ1) is 18.4. The average Bonchev–Trinajstić information content (AvgIpc) is 3.21. The lowest BCUT2D eigenvalue weighted by atomic mass is 9.96. The molecule has 3 rings (SSSR count). The lowest BCUT2D eigenvalue weighted by Crippen LogP contribution is -2.46. The van der Waals surface area contributed by atoms with E-state index in [0.717, 1.165) is 49.9 Å². The Balaban J connectivity index is 1.67. The van der Waals surface area contributed by atoms with Gasteiger partial charge in [0.25, 0.3) is 0 Å². The van der Waals surface area contributed by atoms with Crippen LogP contribution in [0.3, 0.4) is 0 Å². The third kappa shape index (κ3) is 3.89. The molecule has 26 heavy (non-hydrogen) atoms. The largest absolute Gasteiger partial charge is 0.336 e. The lowest BCUT2D eigenvalue weighted by Gasteiger charge is -2.32. The molecule has 0 bridgehead atoms. The van der Waals surface area contributed by atoms with Crippen molar-refractivity contribution in [3.8, 4) is 0 Å². The van der Waals surface area contributed by atoms with Crippen molar-refractivity contribution in [1.29, 1.82) is 0 Å². The summed E-state index contributed by atoms with van der Waals surface area (Å²) in [5.41, 5.74) is 0. The highest BCUT2D eigenvalue weighted by molar-refractivity contribution is 5.74. The fourth-order valence-corrected chi connectivity index (χ4v) is 3.51. The number of aromatic nitrogens is 5. The summed E-state index contributed by atoms with van der Waals surface area (Å²) in [7, 11) is 0. The first-order chi connectivity index (χ1) is 12.5. The number of nitrogens with zero attached hydrogens (tertiary/aromatic N) is 6. The number of carbonyl (C=O) groups excluding carboxylic acids is 1. The molecule has 2 aromatic heterocycles. The monoisotopic (exact) mass is 359 g/mol. The van der Waals surface area contributed by atoms with Gasteiger partial charge >= 0.3 is 6.03 Å². The summed E-state index contributed by atoms with van der Waals surface area (Å²) < 4.78 is 4.30. The number of imidazole rings is 1. The summed E-state index contributed by atoms with van der Waals surface area (Å²) in [6.07, 6.45) is 5.62. The molecule has 1 aliphatic rings. The number of amides is 2. The Bertz CT molecular complexity index is 741. The van der Waals surface area contributed by atoms with E-state index in [1.807, 2.05) is 31.9 Å². The summed E-state index contributed by atoms with van der Waals surface area (Å²) in [4.78, 5) is 18.3. The number of piperidine rings is 1. The van der Waals surface area contributed by atoms with E-state index >= 15 is 0 Å². The van der Waals surface area contributed by atoms with Gasteiger partial charge in [-0.3, -0.25) is 0 Å². The molecule has 0 aromatic carbocycles. The molecule has 0 saturated carbocycles. The van der Waals surface area contributed by atoms with Gasteiger partial charge in [-0.1, -0.05) is 0 Å². The Morgan fingerprint density at radius 2 is 2.04 bits per heavy atom. The predicted octanol–water partition coefficient (Wildman–Crippen LogP) is 2.15. The van der Waals surface area contributed by atoms with Crippen molar-refractivity contribution in [2.75, 3.05) is 13.1 Å². The molecule has 0 spiro atoms. The van der Waals surface area contributed by atoms with Crippen molar-refractivity contribution in [2.45, 2.75) is 65.6 Å². The average molecular weight is 359 g/mol. The normalized spacial score (nSPS) is 15.7. The maximum Gasteiger partial charge on any atom is 0.317 e. The zero-order valence-corrected chi connectivity index (χ0v) is 16.1. The van der Waals surface area contributed by atoms with Gasteiger partial charge in [-0.05, 0) is 40.5 Å². The molecule has 3 heterocycles. The van der Waals surface area contributed by atoms with Crippen LogP contribution in [0, 0.1) is 6.92 Å². The van der Waals surface area contributed by atoms with Gasteiger partial charge in [0.15, 0.2) is 5.82 Å². The molecule has 1 fully saturated rings. The van der Waals surface area contributed by atoms with Crippen LogP contribution in [0.4, 0.5) is 4.79 Å². The quantitative estimate of drug-likeness (QED) is 0.887. The standard InChI is InChI=1S/C18H29N7O/c1-5-25-16(12-24-11-8-19-14(24)4)21-22-17(25)15-6-9-23(10-7-15)18(26)20-13(2)3/h8,11,13,15H,5-7,9-10,12H2,1-4H3,(H,20,26). The Morgan fingerprint density at radius 3 is 2.62 bits per heavy atom. The minimum absolute atomic E-state index is 0.0340. The van der Waals surface area contributed by atoms with Crippen LogP contribution in [0.2, 0.25) is 0 Å². The number of hydrogen-bond donors (Lipinski definition) is 1. The van der Waals surface area contributed by atoms with Crippen LogP contribution in [0.5, 0.6) is 0 Å². The Kier molecular flexibility index (Phi) is 5.58. The number of aryl methyl sites for hydroxylation is 1. The van der Waals surface area contributed by atoms with Gasteiger partial charge < -0.3 is 19.4 Å². The Morgan fingerprint density at radius 1 is 1.31 bits per heavy atom. The maximum absolute atomic E-state index is 12.2. The highest BCUT2D eigenvalue weighted by Crippen LogP contribution is 2.27. The van der Waals surface area contributed by atoms with E-state index in [-0.39, 0.29) is 12.1 Å². The molecule has 0 atom stereocenters. The van der Waals surface area contributed by atoms with Crippen molar-refractivity contribution in [3.63, 3.8) is 0 Å². The lowest BCUT2D eigenvalue weighted by molar-refractivity contribution is 0.177. The number of nitrogens with one attached hydrogen (secondary N) is 1. The summed E-state index contributed by atoms with van der Waals surface area (Å²) in [5.74, 6) is 3.33. The number of likely N-dealkylation sites (tertiary alicyclic amines) is 1. The zero-order valence-electron chi connectivity index (χ0n) is 16.1. The minimum Gasteiger partial charge on any atom is -0.336 e. The summed E-state index contributed by atoms with van der Waals surface area (Å²) in [6, 6.07) is 0.198. The Hall–Kier alpha value is -2.38. The summed E-state index contributed by atoms with van der Waals surface area (Å²) >= 11 is 0. The van der Waals surface area contributed by atoms with Crippen LogP contribution in [0.1, 0.15) is 57.0 Å². The van der Waals surface area contributed by atoms with Gasteiger partial charge in [-0.15, -0.1) is 10.2 Å². The first-order valence-corrected chi connectivity index (χ1v) is 9.44. The number of carbonyl (C=O) groups is 1. The molecule has 1 saturated heterocycles. The van der Waals surface area contributed by atoms with Gasteiger partial charge in [-0.2, -0.15) is 0 Å². The molecule has 1 aliphatic heterocycles. The Labute approximate surface area is 154 Å². The van der Waals surface area contributed by atoms with Crippen LogP contribution in [0.25, 0.3) is 0 Å². The van der Waals surface area contributed by atoms with Crippen LogP contribution < -0.4 is 5.32 Å². The van der Waals surface area contributed by atoms with Crippen molar-refractivity contribution in [3.05, 3.63) is 29.9 Å². The second kappa shape index (κ2) is 7.88. The van der Waals surface area contributed by atoms with Crippen LogP contribution in [0.15, 0.2) is 12.4 Å². The molecule has 0 radical (unpaired) electrons. The van der Waals surface area contributed by atoms with E-state index < -0.39 is 0 Å². The van der Waals surface area contributed by atoms with E-state index in [9.17, 15) is 4.79 Å². The topological polar surface area (TPSA) is 80.9 Å². The van der Waals surface area contributed by atoms with Crippen molar-refractivity contribution in [1.82, 2.24) is 34.5 Å². The molecule has 1 N–H and O–H groups in total. The van der Waals surface area contributed by atoms with Gasteiger partial charge in [0, 0.05) is 44.0 Å². The van der Waals surface area contributed by atoms with Gasteiger partial charge in [0.05, 0.1) is 6.54 Å². The minimum atomic E-state index is 0.0340. The fourth-order valence-electron chi connectivity index (χ4n) is 3.51. The first-order valence-electron chi connectivity index (χ1n) is 9.44. The summed E-state index contributed by atoms with van der Waals surface area (Å²) in [5, 5.41) is 11.9. The van der Waals surface area contributed by atoms with Crippen LogP contribution in [-0.2, 0) is 13.1 Å². The van der Waals surface area contributed by atoms with Crippen molar-refractivity contribution < 1.29 is 4.79 Å². The second-order valence-electron chi connectivity index (χ2n) is 7.19. The van der Waals surface area contributed by atoms with Gasteiger partial charge in [0.1, 0.15) is 11.6 Å². The van der Waals surface area contributed by atoms with E-state index in [1.54, 1.807) is 6.20 Å². The molecule has 2 aromatic rings.